The number of anilines is 3. The minimum atomic E-state index is -0.553. The van der Waals surface area contributed by atoms with E-state index in [0.717, 1.165) is 34.0 Å². The number of nitrogens with one attached hydrogen (secondary N) is 3. The quantitative estimate of drug-likeness (QED) is 0.391. The number of carbonyl (C=O) groups excluding carboxylic acids is 3. The number of amides is 3. The van der Waals surface area contributed by atoms with Crippen LogP contribution in [0.15, 0.2) is 34.7 Å². The molecule has 3 N–H and O–H groups in total. The number of aromatic nitrogens is 6. The molecule has 0 spiro atoms. The second-order valence-electron chi connectivity index (χ2n) is 5.39. The lowest BCUT2D eigenvalue weighted by Gasteiger charge is -2.09. The van der Waals surface area contributed by atoms with E-state index in [1.165, 1.54) is 34.7 Å². The first kappa shape index (κ1) is 19.6. The number of hydrogen-bond donors (Lipinski definition) is 3. The Morgan fingerprint density at radius 1 is 0.567 bits per heavy atom. The van der Waals surface area contributed by atoms with Gasteiger partial charge in [-0.1, -0.05) is 34.0 Å². The Labute approximate surface area is 179 Å². The van der Waals surface area contributed by atoms with Gasteiger partial charge in [0, 0.05) is 16.7 Å². The zero-order valence-corrected chi connectivity index (χ0v) is 17.0. The van der Waals surface area contributed by atoms with Gasteiger partial charge in [0.1, 0.15) is 16.5 Å². The van der Waals surface area contributed by atoms with Crippen molar-refractivity contribution in [1.82, 2.24) is 30.6 Å². The molecule has 0 unspecified atom stereocenters. The van der Waals surface area contributed by atoms with Crippen molar-refractivity contribution < 1.29 is 14.4 Å². The molecule has 4 aromatic rings. The van der Waals surface area contributed by atoms with Crippen molar-refractivity contribution in [3.63, 3.8) is 0 Å². The highest BCUT2D eigenvalue weighted by Crippen LogP contribution is 2.18. The molecular weight excluding hydrogens is 450 g/mol. The van der Waals surface area contributed by atoms with Crippen LogP contribution in [0.4, 0.5) is 15.4 Å². The fourth-order valence-corrected chi connectivity index (χ4v) is 3.53. The van der Waals surface area contributed by atoms with Crippen LogP contribution in [0.5, 0.6) is 0 Å². The molecule has 0 saturated carbocycles. The van der Waals surface area contributed by atoms with Crippen molar-refractivity contribution >= 4 is 67.1 Å². The van der Waals surface area contributed by atoms with Gasteiger partial charge in [0.25, 0.3) is 17.7 Å². The van der Waals surface area contributed by atoms with E-state index in [9.17, 15) is 14.4 Å². The summed E-state index contributed by atoms with van der Waals surface area (Å²) >= 11 is 3.40. The largest absolute Gasteiger partial charge is 0.296 e. The van der Waals surface area contributed by atoms with Gasteiger partial charge in [-0.25, -0.2) is 0 Å². The molecule has 150 valence electrons. The molecule has 12 nitrogen and oxygen atoms in total. The standard InChI is InChI=1S/C15H9N9O3S3/c25-10(19-13-22-16-4-28-13)7-1-8(11(26)20-14-23-17-5-29-14)3-9(2-7)12(27)21-15-24-18-6-30-15/h1-6H,(H,19,22,25)(H,20,23,26)(H,21,24,27). The molecule has 0 aliphatic rings. The third-order valence-corrected chi connectivity index (χ3v) is 5.28. The van der Waals surface area contributed by atoms with Crippen LogP contribution in [0.2, 0.25) is 0 Å². The highest BCUT2D eigenvalue weighted by Gasteiger charge is 2.18. The zero-order valence-electron chi connectivity index (χ0n) is 14.6. The van der Waals surface area contributed by atoms with Crippen LogP contribution in [0, 0.1) is 0 Å². The molecule has 4 rings (SSSR count). The topological polar surface area (TPSA) is 165 Å². The third kappa shape index (κ3) is 4.65. The lowest BCUT2D eigenvalue weighted by Crippen LogP contribution is -2.19. The van der Waals surface area contributed by atoms with Crippen molar-refractivity contribution in [1.29, 1.82) is 0 Å². The molecule has 0 radical (unpaired) electrons. The Hall–Kier alpha value is -3.69. The van der Waals surface area contributed by atoms with E-state index in [2.05, 4.69) is 46.5 Å². The normalized spacial score (nSPS) is 10.4. The summed E-state index contributed by atoms with van der Waals surface area (Å²) in [6.07, 6.45) is 0. The minimum absolute atomic E-state index is 0.0810. The molecule has 0 aliphatic heterocycles. The number of hydrogen-bond acceptors (Lipinski definition) is 12. The SMILES string of the molecule is O=C(Nc1nncs1)c1cc(C(=O)Nc2nncs2)cc(C(=O)Nc2nncs2)c1. The third-order valence-electron chi connectivity index (χ3n) is 3.46. The first-order chi connectivity index (χ1) is 14.6. The Balaban J connectivity index is 1.64. The molecule has 0 saturated heterocycles. The van der Waals surface area contributed by atoms with Crippen molar-refractivity contribution in [2.24, 2.45) is 0 Å². The average Bonchev–Trinajstić information content (AvgIpc) is 3.51. The average molecular weight is 459 g/mol. The first-order valence-corrected chi connectivity index (χ1v) is 10.6. The summed E-state index contributed by atoms with van der Waals surface area (Å²) in [5.74, 6) is -1.66. The van der Waals surface area contributed by atoms with E-state index in [1.54, 1.807) is 0 Å². The molecular formula is C15H9N9O3S3. The number of carbonyl (C=O) groups is 3. The highest BCUT2D eigenvalue weighted by atomic mass is 32.1. The predicted octanol–water partition coefficient (Wildman–Crippen LogP) is 2.00. The molecule has 30 heavy (non-hydrogen) atoms. The number of benzene rings is 1. The van der Waals surface area contributed by atoms with Gasteiger partial charge in [-0.3, -0.25) is 30.3 Å². The lowest BCUT2D eigenvalue weighted by atomic mass is 10.0. The van der Waals surface area contributed by atoms with Crippen LogP contribution in [-0.4, -0.2) is 48.3 Å². The van der Waals surface area contributed by atoms with Crippen molar-refractivity contribution in [3.8, 4) is 0 Å². The van der Waals surface area contributed by atoms with E-state index >= 15 is 0 Å². The maximum absolute atomic E-state index is 12.6. The summed E-state index contributed by atoms with van der Waals surface area (Å²) in [5, 5.41) is 30.7. The Bertz CT molecular complexity index is 1020. The molecule has 0 atom stereocenters. The van der Waals surface area contributed by atoms with Crippen LogP contribution in [0.3, 0.4) is 0 Å². The Morgan fingerprint density at radius 3 is 1.10 bits per heavy atom. The van der Waals surface area contributed by atoms with E-state index in [1.807, 2.05) is 0 Å². The first-order valence-electron chi connectivity index (χ1n) is 7.96. The van der Waals surface area contributed by atoms with Crippen molar-refractivity contribution in [2.75, 3.05) is 16.0 Å². The summed E-state index contributed by atoms with van der Waals surface area (Å²) in [6.45, 7) is 0. The van der Waals surface area contributed by atoms with Crippen molar-refractivity contribution in [3.05, 3.63) is 51.4 Å². The minimum Gasteiger partial charge on any atom is -0.296 e. The molecule has 0 fully saturated rings. The van der Waals surface area contributed by atoms with Gasteiger partial charge >= 0.3 is 0 Å². The monoisotopic (exact) mass is 459 g/mol. The summed E-state index contributed by atoms with van der Waals surface area (Å²) in [5.41, 5.74) is 4.63. The van der Waals surface area contributed by atoms with Crippen LogP contribution in [0.1, 0.15) is 31.1 Å². The Kier molecular flexibility index (Phi) is 5.73. The van der Waals surface area contributed by atoms with E-state index in [4.69, 9.17) is 0 Å². The maximum atomic E-state index is 12.6. The zero-order chi connectivity index (χ0) is 20.9. The van der Waals surface area contributed by atoms with Crippen LogP contribution in [-0.2, 0) is 0 Å². The van der Waals surface area contributed by atoms with Gasteiger partial charge in [-0.15, -0.1) is 30.6 Å². The molecule has 1 aromatic carbocycles. The fraction of sp³-hybridized carbons (Fsp3) is 0. The summed E-state index contributed by atoms with van der Waals surface area (Å²) in [7, 11) is 0. The highest BCUT2D eigenvalue weighted by molar-refractivity contribution is 7.14. The summed E-state index contributed by atoms with van der Waals surface area (Å²) < 4.78 is 0. The van der Waals surface area contributed by atoms with Crippen molar-refractivity contribution in [2.45, 2.75) is 0 Å². The van der Waals surface area contributed by atoms with Gasteiger partial charge in [-0.05, 0) is 18.2 Å². The Morgan fingerprint density at radius 2 is 0.867 bits per heavy atom. The molecule has 0 aliphatic carbocycles. The van der Waals surface area contributed by atoms with Crippen LogP contribution in [0.25, 0.3) is 0 Å². The second kappa shape index (κ2) is 8.76. The maximum Gasteiger partial charge on any atom is 0.257 e. The summed E-state index contributed by atoms with van der Waals surface area (Å²) in [6, 6.07) is 4.07. The smallest absolute Gasteiger partial charge is 0.257 e. The van der Waals surface area contributed by atoms with Gasteiger partial charge < -0.3 is 0 Å². The van der Waals surface area contributed by atoms with E-state index in [0.29, 0.717) is 0 Å². The number of rotatable bonds is 6. The second-order valence-corrected chi connectivity index (χ2v) is 7.89. The molecule has 3 heterocycles. The van der Waals surface area contributed by atoms with Gasteiger partial charge in [0.15, 0.2) is 0 Å². The van der Waals surface area contributed by atoms with E-state index in [-0.39, 0.29) is 32.1 Å². The predicted molar refractivity (Wildman–Crippen MR) is 110 cm³/mol. The van der Waals surface area contributed by atoms with Crippen LogP contribution >= 0.6 is 34.0 Å². The molecule has 3 aromatic heterocycles. The lowest BCUT2D eigenvalue weighted by molar-refractivity contribution is 0.102. The molecule has 0 bridgehead atoms. The summed E-state index contributed by atoms with van der Waals surface area (Å²) in [4.78, 5) is 37.9. The van der Waals surface area contributed by atoms with Crippen LogP contribution < -0.4 is 16.0 Å². The van der Waals surface area contributed by atoms with Gasteiger partial charge in [-0.2, -0.15) is 0 Å². The molecule has 15 heteroatoms. The molecule has 3 amide bonds. The van der Waals surface area contributed by atoms with E-state index < -0.39 is 17.7 Å². The van der Waals surface area contributed by atoms with Gasteiger partial charge in [0.05, 0.1) is 0 Å². The number of nitrogens with zero attached hydrogens (tertiary/aromatic N) is 6. The van der Waals surface area contributed by atoms with Gasteiger partial charge in [0.2, 0.25) is 15.4 Å². The fourth-order valence-electron chi connectivity index (χ4n) is 2.21.